The molecule has 2 aliphatic rings. The van der Waals surface area contributed by atoms with Gasteiger partial charge in [-0.15, -0.1) is 0 Å². The fourth-order valence-electron chi connectivity index (χ4n) is 3.28. The molecule has 1 aromatic carbocycles. The molecule has 0 saturated carbocycles. The van der Waals surface area contributed by atoms with E-state index in [4.69, 9.17) is 0 Å². The fraction of sp³-hybridized carbons (Fsp3) is 0.562. The van der Waals surface area contributed by atoms with Crippen molar-refractivity contribution in [3.8, 4) is 0 Å². The Kier molecular flexibility index (Phi) is 4.23. The lowest BCUT2D eigenvalue weighted by Crippen LogP contribution is -2.35. The van der Waals surface area contributed by atoms with Gasteiger partial charge in [0.2, 0.25) is 15.9 Å². The second kappa shape index (κ2) is 6.01. The largest absolute Gasteiger partial charge is 0.312 e. The molecule has 0 bridgehead atoms. The maximum absolute atomic E-state index is 12.6. The Hall–Kier alpha value is -1.40. The molecule has 0 N–H and O–H groups in total. The van der Waals surface area contributed by atoms with Crippen LogP contribution in [0.3, 0.4) is 0 Å². The van der Waals surface area contributed by atoms with Crippen molar-refractivity contribution < 1.29 is 13.2 Å². The van der Waals surface area contributed by atoms with Crippen molar-refractivity contribution in [3.63, 3.8) is 0 Å². The molecule has 2 aliphatic heterocycles. The molecule has 3 rings (SSSR count). The highest BCUT2D eigenvalue weighted by molar-refractivity contribution is 7.89. The van der Waals surface area contributed by atoms with Gasteiger partial charge in [-0.05, 0) is 56.9 Å². The number of nitrogens with zero attached hydrogens (tertiary/aromatic N) is 2. The van der Waals surface area contributed by atoms with Crippen molar-refractivity contribution in [2.75, 3.05) is 18.0 Å². The Morgan fingerprint density at radius 2 is 1.77 bits per heavy atom. The van der Waals surface area contributed by atoms with Gasteiger partial charge in [-0.3, -0.25) is 4.79 Å². The average Bonchev–Trinajstić information content (AvgIpc) is 2.95. The highest BCUT2D eigenvalue weighted by Crippen LogP contribution is 2.28. The zero-order valence-electron chi connectivity index (χ0n) is 12.9. The second-order valence-corrected chi connectivity index (χ2v) is 7.99. The monoisotopic (exact) mass is 322 g/mol. The van der Waals surface area contributed by atoms with Crippen LogP contribution in [-0.4, -0.2) is 37.8 Å². The Morgan fingerprint density at radius 1 is 1.05 bits per heavy atom. The van der Waals surface area contributed by atoms with E-state index in [9.17, 15) is 13.2 Å². The van der Waals surface area contributed by atoms with E-state index < -0.39 is 10.0 Å². The molecule has 0 aliphatic carbocycles. The Balaban J connectivity index is 1.83. The first-order valence-electron chi connectivity index (χ1n) is 7.92. The molecule has 0 spiro atoms. The lowest BCUT2D eigenvalue weighted by molar-refractivity contribution is -0.119. The first kappa shape index (κ1) is 15.5. The minimum absolute atomic E-state index is 0.0633. The van der Waals surface area contributed by atoms with Gasteiger partial charge >= 0.3 is 0 Å². The number of piperidine rings is 1. The topological polar surface area (TPSA) is 57.7 Å². The standard InChI is InChI=1S/C16H22N2O3S/c1-13-5-4-12-18(13)22(20,21)15-9-7-14(8-10-15)17-11-3-2-6-16(17)19/h7-10,13H,2-6,11-12H2,1H3. The maximum Gasteiger partial charge on any atom is 0.243 e. The van der Waals surface area contributed by atoms with Gasteiger partial charge in [-0.1, -0.05) is 0 Å². The zero-order valence-corrected chi connectivity index (χ0v) is 13.7. The molecule has 1 amide bonds. The first-order chi connectivity index (χ1) is 10.5. The van der Waals surface area contributed by atoms with Crippen LogP contribution in [0.2, 0.25) is 0 Å². The van der Waals surface area contributed by atoms with Gasteiger partial charge in [0.1, 0.15) is 0 Å². The number of anilines is 1. The normalized spacial score (nSPS) is 24.0. The van der Waals surface area contributed by atoms with E-state index >= 15 is 0 Å². The minimum atomic E-state index is -3.42. The molecule has 2 heterocycles. The van der Waals surface area contributed by atoms with E-state index in [0.29, 0.717) is 24.4 Å². The summed E-state index contributed by atoms with van der Waals surface area (Å²) < 4.78 is 26.9. The Bertz CT molecular complexity index is 654. The first-order valence-corrected chi connectivity index (χ1v) is 9.36. The van der Waals surface area contributed by atoms with Crippen molar-refractivity contribution in [1.82, 2.24) is 4.31 Å². The predicted molar refractivity (Wildman–Crippen MR) is 85.2 cm³/mol. The molecule has 0 aromatic heterocycles. The number of sulfonamides is 1. The molecule has 2 fully saturated rings. The lowest BCUT2D eigenvalue weighted by Gasteiger charge is -2.27. The summed E-state index contributed by atoms with van der Waals surface area (Å²) in [5.41, 5.74) is 0.790. The molecule has 22 heavy (non-hydrogen) atoms. The van der Waals surface area contributed by atoms with Gasteiger partial charge in [0, 0.05) is 31.2 Å². The molecule has 1 atom stereocenters. The van der Waals surface area contributed by atoms with Crippen LogP contribution >= 0.6 is 0 Å². The smallest absolute Gasteiger partial charge is 0.243 e. The van der Waals surface area contributed by atoms with Crippen LogP contribution < -0.4 is 4.90 Å². The summed E-state index contributed by atoms with van der Waals surface area (Å²) in [5.74, 6) is 0.120. The summed E-state index contributed by atoms with van der Waals surface area (Å²) in [7, 11) is -3.42. The predicted octanol–water partition coefficient (Wildman–Crippen LogP) is 2.38. The summed E-state index contributed by atoms with van der Waals surface area (Å²) in [6.45, 7) is 3.26. The van der Waals surface area contributed by atoms with Crippen LogP contribution in [0, 0.1) is 0 Å². The van der Waals surface area contributed by atoms with Crippen molar-refractivity contribution in [3.05, 3.63) is 24.3 Å². The highest BCUT2D eigenvalue weighted by Gasteiger charge is 2.32. The lowest BCUT2D eigenvalue weighted by atomic mass is 10.1. The SMILES string of the molecule is CC1CCCN1S(=O)(=O)c1ccc(N2CCCCC2=O)cc1. The van der Waals surface area contributed by atoms with Crippen LogP contribution in [-0.2, 0) is 14.8 Å². The van der Waals surface area contributed by atoms with E-state index in [0.717, 1.165) is 31.4 Å². The van der Waals surface area contributed by atoms with Gasteiger partial charge in [-0.2, -0.15) is 4.31 Å². The number of rotatable bonds is 3. The molecule has 5 nitrogen and oxygen atoms in total. The van der Waals surface area contributed by atoms with Crippen LogP contribution in [0.5, 0.6) is 0 Å². The van der Waals surface area contributed by atoms with E-state index in [1.165, 1.54) is 0 Å². The molecule has 1 aromatic rings. The van der Waals surface area contributed by atoms with Crippen molar-refractivity contribution >= 4 is 21.6 Å². The number of benzene rings is 1. The maximum atomic E-state index is 12.6. The number of carbonyl (C=O) groups is 1. The van der Waals surface area contributed by atoms with E-state index in [1.54, 1.807) is 33.5 Å². The van der Waals surface area contributed by atoms with Crippen LogP contribution in [0.25, 0.3) is 0 Å². The molecular weight excluding hydrogens is 300 g/mol. The number of hydrogen-bond donors (Lipinski definition) is 0. The van der Waals surface area contributed by atoms with E-state index in [-0.39, 0.29) is 11.9 Å². The van der Waals surface area contributed by atoms with Gasteiger partial charge in [0.05, 0.1) is 4.90 Å². The quantitative estimate of drug-likeness (QED) is 0.858. The summed E-state index contributed by atoms with van der Waals surface area (Å²) in [6.07, 6.45) is 4.34. The minimum Gasteiger partial charge on any atom is -0.312 e. The summed E-state index contributed by atoms with van der Waals surface area (Å²) in [6, 6.07) is 6.80. The van der Waals surface area contributed by atoms with Crippen LogP contribution in [0.15, 0.2) is 29.2 Å². The van der Waals surface area contributed by atoms with Gasteiger partial charge < -0.3 is 4.90 Å². The molecular formula is C16H22N2O3S. The number of hydrogen-bond acceptors (Lipinski definition) is 3. The van der Waals surface area contributed by atoms with Crippen molar-refractivity contribution in [1.29, 1.82) is 0 Å². The Labute approximate surface area is 132 Å². The summed E-state index contributed by atoms with van der Waals surface area (Å²) >= 11 is 0. The Morgan fingerprint density at radius 3 is 2.36 bits per heavy atom. The third-order valence-corrected chi connectivity index (χ3v) is 6.60. The summed E-state index contributed by atoms with van der Waals surface area (Å²) in [5, 5.41) is 0. The van der Waals surface area contributed by atoms with Gasteiger partial charge in [0.25, 0.3) is 0 Å². The van der Waals surface area contributed by atoms with Crippen molar-refractivity contribution in [2.24, 2.45) is 0 Å². The molecule has 0 radical (unpaired) electrons. The number of amides is 1. The second-order valence-electron chi connectivity index (χ2n) is 6.10. The molecule has 6 heteroatoms. The average molecular weight is 322 g/mol. The van der Waals surface area contributed by atoms with Crippen LogP contribution in [0.1, 0.15) is 39.0 Å². The van der Waals surface area contributed by atoms with E-state index in [1.807, 2.05) is 6.92 Å². The van der Waals surface area contributed by atoms with Gasteiger partial charge in [-0.25, -0.2) is 8.42 Å². The fourth-order valence-corrected chi connectivity index (χ4v) is 4.98. The third kappa shape index (κ3) is 2.77. The van der Waals surface area contributed by atoms with Crippen LogP contribution in [0.4, 0.5) is 5.69 Å². The zero-order chi connectivity index (χ0) is 15.7. The van der Waals surface area contributed by atoms with E-state index in [2.05, 4.69) is 0 Å². The molecule has 1 unspecified atom stereocenters. The molecule has 2 saturated heterocycles. The summed E-state index contributed by atoms with van der Waals surface area (Å²) in [4.78, 5) is 14.0. The van der Waals surface area contributed by atoms with Gasteiger partial charge in [0.15, 0.2) is 0 Å². The van der Waals surface area contributed by atoms with Crippen molar-refractivity contribution in [2.45, 2.75) is 50.0 Å². The highest BCUT2D eigenvalue weighted by atomic mass is 32.2. The third-order valence-electron chi connectivity index (χ3n) is 4.57. The molecule has 120 valence electrons. The number of carbonyl (C=O) groups excluding carboxylic acids is 1.